The summed E-state index contributed by atoms with van der Waals surface area (Å²) in [4.78, 5) is 0. The van der Waals surface area contributed by atoms with Crippen LogP contribution in [-0.4, -0.2) is 11.2 Å². The molecular formula is C8H11BrO. The smallest absolute Gasteiger partial charge is 0.0857 e. The Labute approximate surface area is 69.6 Å². The van der Waals surface area contributed by atoms with Crippen molar-refractivity contribution in [3.05, 3.63) is 22.7 Å². The topological polar surface area (TPSA) is 20.2 Å². The minimum atomic E-state index is -0.290. The van der Waals surface area contributed by atoms with E-state index in [0.717, 1.165) is 29.3 Å². The van der Waals surface area contributed by atoms with Crippen LogP contribution in [0.5, 0.6) is 0 Å². The van der Waals surface area contributed by atoms with E-state index in [1.165, 1.54) is 0 Å². The summed E-state index contributed by atoms with van der Waals surface area (Å²) in [6, 6.07) is 0. The Morgan fingerprint density at radius 3 is 2.90 bits per heavy atom. The first kappa shape index (κ1) is 8.02. The van der Waals surface area contributed by atoms with Gasteiger partial charge in [-0.3, -0.25) is 0 Å². The monoisotopic (exact) mass is 202 g/mol. The van der Waals surface area contributed by atoms with Crippen LogP contribution in [0.3, 0.4) is 0 Å². The van der Waals surface area contributed by atoms with Crippen LogP contribution in [0, 0.1) is 0 Å². The summed E-state index contributed by atoms with van der Waals surface area (Å²) in [6.07, 6.45) is 4.50. The van der Waals surface area contributed by atoms with E-state index < -0.39 is 0 Å². The molecule has 0 amide bonds. The molecule has 1 aliphatic rings. The summed E-state index contributed by atoms with van der Waals surface area (Å²) in [6.45, 7) is 3.67. The van der Waals surface area contributed by atoms with E-state index in [4.69, 9.17) is 0 Å². The first-order valence-electron chi connectivity index (χ1n) is 3.44. The zero-order chi connectivity index (χ0) is 7.56. The Morgan fingerprint density at radius 2 is 2.40 bits per heavy atom. The second-order valence-electron chi connectivity index (χ2n) is 2.49. The molecule has 2 heteroatoms. The summed E-state index contributed by atoms with van der Waals surface area (Å²) in [5.41, 5.74) is 1.15. The van der Waals surface area contributed by atoms with Gasteiger partial charge in [-0.1, -0.05) is 28.6 Å². The Hall–Kier alpha value is -0.0800. The Balaban J connectivity index is 2.81. The fraction of sp³-hybridized carbons (Fsp3) is 0.500. The molecule has 0 fully saturated rings. The molecule has 1 aliphatic carbocycles. The Bertz CT molecular complexity index is 172. The van der Waals surface area contributed by atoms with Crippen molar-refractivity contribution in [3.63, 3.8) is 0 Å². The van der Waals surface area contributed by atoms with Gasteiger partial charge in [0.05, 0.1) is 6.10 Å². The fourth-order valence-corrected chi connectivity index (χ4v) is 1.73. The molecule has 0 aromatic heterocycles. The third-order valence-corrected chi connectivity index (χ3v) is 2.81. The lowest BCUT2D eigenvalue weighted by Crippen LogP contribution is -2.12. The van der Waals surface area contributed by atoms with Gasteiger partial charge in [-0.25, -0.2) is 0 Å². The van der Waals surface area contributed by atoms with Crippen LogP contribution in [0.2, 0.25) is 0 Å². The number of allylic oxidation sites excluding steroid dienone is 2. The molecule has 0 aliphatic heterocycles. The molecule has 0 spiro atoms. The molecule has 0 heterocycles. The van der Waals surface area contributed by atoms with E-state index in [2.05, 4.69) is 22.5 Å². The molecule has 0 bridgehead atoms. The molecule has 0 saturated carbocycles. The van der Waals surface area contributed by atoms with Gasteiger partial charge in [0.25, 0.3) is 0 Å². The van der Waals surface area contributed by atoms with Gasteiger partial charge in [-0.2, -0.15) is 0 Å². The van der Waals surface area contributed by atoms with Crippen molar-refractivity contribution in [1.29, 1.82) is 0 Å². The molecule has 56 valence electrons. The lowest BCUT2D eigenvalue weighted by atomic mass is 9.98. The SMILES string of the molecule is C=CC1=C(Br)C(O)CCC1. The first-order valence-corrected chi connectivity index (χ1v) is 4.24. The Morgan fingerprint density at radius 1 is 1.70 bits per heavy atom. The first-order chi connectivity index (χ1) is 4.75. The highest BCUT2D eigenvalue weighted by Gasteiger charge is 2.16. The van der Waals surface area contributed by atoms with Crippen LogP contribution in [0.25, 0.3) is 0 Å². The predicted molar refractivity (Wildman–Crippen MR) is 46.0 cm³/mol. The van der Waals surface area contributed by atoms with Gasteiger partial charge in [0.1, 0.15) is 0 Å². The zero-order valence-corrected chi connectivity index (χ0v) is 7.39. The van der Waals surface area contributed by atoms with E-state index >= 15 is 0 Å². The van der Waals surface area contributed by atoms with Crippen molar-refractivity contribution in [3.8, 4) is 0 Å². The highest BCUT2D eigenvalue weighted by atomic mass is 79.9. The average Bonchev–Trinajstić information content (AvgIpc) is 1.95. The summed E-state index contributed by atoms with van der Waals surface area (Å²) in [7, 11) is 0. The lowest BCUT2D eigenvalue weighted by Gasteiger charge is -2.18. The standard InChI is InChI=1S/C8H11BrO/c1-2-6-4-3-5-7(10)8(6)9/h2,7,10H,1,3-5H2. The lowest BCUT2D eigenvalue weighted by molar-refractivity contribution is 0.200. The van der Waals surface area contributed by atoms with Crippen molar-refractivity contribution < 1.29 is 5.11 Å². The second kappa shape index (κ2) is 3.35. The third kappa shape index (κ3) is 1.50. The van der Waals surface area contributed by atoms with E-state index in [0.29, 0.717) is 0 Å². The van der Waals surface area contributed by atoms with Gasteiger partial charge in [0.15, 0.2) is 0 Å². The van der Waals surface area contributed by atoms with Crippen LogP contribution >= 0.6 is 15.9 Å². The predicted octanol–water partition coefficient (Wildman–Crippen LogP) is 2.37. The number of hydrogen-bond acceptors (Lipinski definition) is 1. The van der Waals surface area contributed by atoms with Crippen molar-refractivity contribution in [2.24, 2.45) is 0 Å². The average molecular weight is 203 g/mol. The fourth-order valence-electron chi connectivity index (χ4n) is 1.15. The van der Waals surface area contributed by atoms with Crippen LogP contribution < -0.4 is 0 Å². The quantitative estimate of drug-likeness (QED) is 0.693. The van der Waals surface area contributed by atoms with Crippen molar-refractivity contribution >= 4 is 15.9 Å². The molecule has 1 atom stereocenters. The summed E-state index contributed by atoms with van der Waals surface area (Å²) < 4.78 is 0.925. The van der Waals surface area contributed by atoms with Gasteiger partial charge in [0.2, 0.25) is 0 Å². The number of aliphatic hydroxyl groups excluding tert-OH is 1. The van der Waals surface area contributed by atoms with Gasteiger partial charge < -0.3 is 5.11 Å². The highest BCUT2D eigenvalue weighted by Crippen LogP contribution is 2.29. The van der Waals surface area contributed by atoms with Gasteiger partial charge in [-0.05, 0) is 24.8 Å². The third-order valence-electron chi connectivity index (χ3n) is 1.77. The summed E-state index contributed by atoms with van der Waals surface area (Å²) in [5, 5.41) is 9.33. The zero-order valence-electron chi connectivity index (χ0n) is 5.81. The van der Waals surface area contributed by atoms with Crippen LogP contribution in [0.4, 0.5) is 0 Å². The van der Waals surface area contributed by atoms with Gasteiger partial charge in [0, 0.05) is 4.48 Å². The van der Waals surface area contributed by atoms with Gasteiger partial charge in [-0.15, -0.1) is 0 Å². The second-order valence-corrected chi connectivity index (χ2v) is 3.34. The molecule has 1 unspecified atom stereocenters. The maximum atomic E-state index is 9.33. The van der Waals surface area contributed by atoms with E-state index in [-0.39, 0.29) is 6.10 Å². The summed E-state index contributed by atoms with van der Waals surface area (Å²) >= 11 is 3.34. The van der Waals surface area contributed by atoms with Crippen molar-refractivity contribution in [2.75, 3.05) is 0 Å². The highest BCUT2D eigenvalue weighted by molar-refractivity contribution is 9.11. The van der Waals surface area contributed by atoms with E-state index in [1.54, 1.807) is 0 Å². The minimum Gasteiger partial charge on any atom is -0.388 e. The molecule has 0 radical (unpaired) electrons. The number of rotatable bonds is 1. The molecule has 1 N–H and O–H groups in total. The molecule has 1 nitrogen and oxygen atoms in total. The molecule has 10 heavy (non-hydrogen) atoms. The largest absolute Gasteiger partial charge is 0.388 e. The van der Waals surface area contributed by atoms with Crippen LogP contribution in [0.1, 0.15) is 19.3 Å². The number of aliphatic hydroxyl groups is 1. The maximum Gasteiger partial charge on any atom is 0.0857 e. The molecule has 1 rings (SSSR count). The molecule has 0 aromatic carbocycles. The maximum absolute atomic E-state index is 9.33. The number of hydrogen-bond donors (Lipinski definition) is 1. The summed E-state index contributed by atoms with van der Waals surface area (Å²) in [5.74, 6) is 0. The van der Waals surface area contributed by atoms with Crippen LogP contribution in [0.15, 0.2) is 22.7 Å². The molecule has 0 saturated heterocycles. The van der Waals surface area contributed by atoms with Crippen LogP contribution in [-0.2, 0) is 0 Å². The van der Waals surface area contributed by atoms with Crippen molar-refractivity contribution in [1.82, 2.24) is 0 Å². The van der Waals surface area contributed by atoms with Gasteiger partial charge >= 0.3 is 0 Å². The van der Waals surface area contributed by atoms with Crippen molar-refractivity contribution in [2.45, 2.75) is 25.4 Å². The molecule has 0 aromatic rings. The van der Waals surface area contributed by atoms with E-state index in [9.17, 15) is 5.11 Å². The number of halogens is 1. The molecular weight excluding hydrogens is 192 g/mol. The van der Waals surface area contributed by atoms with E-state index in [1.807, 2.05) is 6.08 Å². The Kier molecular flexibility index (Phi) is 2.69. The normalized spacial score (nSPS) is 26.8. The minimum absolute atomic E-state index is 0.290.